The minimum Gasteiger partial charge on any atom is -0.481 e. The van der Waals surface area contributed by atoms with E-state index in [4.69, 9.17) is 21.4 Å². The Morgan fingerprint density at radius 1 is 1.08 bits per heavy atom. The largest absolute Gasteiger partial charge is 0.481 e. The van der Waals surface area contributed by atoms with Crippen LogP contribution in [0.25, 0.3) is 17.1 Å². The number of rotatable bonds is 10. The first kappa shape index (κ1) is 25.0. The molecule has 3 N–H and O–H groups in total. The molecule has 0 atom stereocenters. The second kappa shape index (κ2) is 12.0. The number of carbonyl (C=O) groups is 2. The van der Waals surface area contributed by atoms with Gasteiger partial charge in [0, 0.05) is 10.6 Å². The molecule has 4 aromatic rings. The van der Waals surface area contributed by atoms with E-state index in [1.807, 2.05) is 47.0 Å². The summed E-state index contributed by atoms with van der Waals surface area (Å²) < 4.78 is 7.16. The molecule has 1 heterocycles. The number of hydrazone groups is 1. The molecule has 1 amide bonds. The molecule has 0 bridgehead atoms. The number of aromatic nitrogens is 3. The number of carbonyl (C=O) groups excluding carboxylic acids is 1. The van der Waals surface area contributed by atoms with Gasteiger partial charge in [-0.05, 0) is 60.3 Å². The average Bonchev–Trinajstić information content (AvgIpc) is 3.32. The SMILES string of the molecule is O=C(O)COc1ccccc1/C=N/NC(=O)CSc1n[nH]c(-c2ccc(Cl)cc2)[n+]1-c1ccccc1. The second-order valence-corrected chi connectivity index (χ2v) is 8.71. The quantitative estimate of drug-likeness (QED) is 0.126. The molecule has 182 valence electrons. The van der Waals surface area contributed by atoms with Gasteiger partial charge in [0.1, 0.15) is 11.4 Å². The van der Waals surface area contributed by atoms with E-state index in [0.717, 1.165) is 17.1 Å². The molecule has 0 fully saturated rings. The highest BCUT2D eigenvalue weighted by molar-refractivity contribution is 7.99. The van der Waals surface area contributed by atoms with E-state index >= 15 is 0 Å². The molecule has 0 saturated carbocycles. The van der Waals surface area contributed by atoms with Gasteiger partial charge in [0.05, 0.1) is 22.6 Å². The molecular weight excluding hydrogens is 502 g/mol. The van der Waals surface area contributed by atoms with Gasteiger partial charge in [0.15, 0.2) is 6.61 Å². The summed E-state index contributed by atoms with van der Waals surface area (Å²) in [5, 5.41) is 21.5. The van der Waals surface area contributed by atoms with Gasteiger partial charge in [-0.25, -0.2) is 10.2 Å². The van der Waals surface area contributed by atoms with Crippen molar-refractivity contribution in [3.05, 3.63) is 89.4 Å². The number of para-hydroxylation sites is 2. The number of carboxylic acid groups (broad SMARTS) is 1. The number of hydrogen-bond acceptors (Lipinski definition) is 6. The van der Waals surface area contributed by atoms with Crippen LogP contribution in [-0.4, -0.2) is 45.8 Å². The molecular formula is C25H21ClN5O4S+. The molecule has 0 spiro atoms. The Balaban J connectivity index is 1.45. The Hall–Kier alpha value is -4.15. The minimum atomic E-state index is -1.09. The monoisotopic (exact) mass is 522 g/mol. The van der Waals surface area contributed by atoms with Crippen LogP contribution in [0.2, 0.25) is 5.02 Å². The second-order valence-electron chi connectivity index (χ2n) is 7.33. The third-order valence-corrected chi connectivity index (χ3v) is 5.99. The van der Waals surface area contributed by atoms with Gasteiger partial charge in [-0.1, -0.05) is 41.9 Å². The number of amides is 1. The summed E-state index contributed by atoms with van der Waals surface area (Å²) in [6.45, 7) is -0.475. The predicted octanol–water partition coefficient (Wildman–Crippen LogP) is 3.71. The maximum Gasteiger partial charge on any atom is 0.342 e. The maximum absolute atomic E-state index is 12.5. The van der Waals surface area contributed by atoms with Crippen molar-refractivity contribution in [2.45, 2.75) is 5.16 Å². The van der Waals surface area contributed by atoms with Crippen LogP contribution in [0.3, 0.4) is 0 Å². The first-order chi connectivity index (χ1) is 17.5. The lowest BCUT2D eigenvalue weighted by Gasteiger charge is -2.06. The van der Waals surface area contributed by atoms with Crippen LogP contribution < -0.4 is 14.7 Å². The van der Waals surface area contributed by atoms with Crippen LogP contribution in [-0.2, 0) is 9.59 Å². The Labute approximate surface area is 215 Å². The summed E-state index contributed by atoms with van der Waals surface area (Å²) in [7, 11) is 0. The highest BCUT2D eigenvalue weighted by Crippen LogP contribution is 2.22. The molecule has 0 saturated heterocycles. The number of nitrogens with zero attached hydrogens (tertiary/aromatic N) is 3. The Kier molecular flexibility index (Phi) is 8.32. The highest BCUT2D eigenvalue weighted by Gasteiger charge is 2.24. The molecule has 9 nitrogen and oxygen atoms in total. The fourth-order valence-electron chi connectivity index (χ4n) is 3.21. The van der Waals surface area contributed by atoms with Gasteiger partial charge in [-0.15, -0.1) is 5.10 Å². The summed E-state index contributed by atoms with van der Waals surface area (Å²) in [4.78, 5) is 23.2. The Morgan fingerprint density at radius 2 is 1.81 bits per heavy atom. The lowest BCUT2D eigenvalue weighted by Crippen LogP contribution is -2.34. The van der Waals surface area contributed by atoms with Crippen LogP contribution in [0.15, 0.2) is 89.1 Å². The van der Waals surface area contributed by atoms with Crippen molar-refractivity contribution in [3.8, 4) is 22.8 Å². The predicted molar refractivity (Wildman–Crippen MR) is 137 cm³/mol. The molecule has 0 radical (unpaired) electrons. The van der Waals surface area contributed by atoms with Gasteiger partial charge in [-0.3, -0.25) is 4.79 Å². The zero-order valence-electron chi connectivity index (χ0n) is 18.8. The van der Waals surface area contributed by atoms with Gasteiger partial charge >= 0.3 is 11.1 Å². The van der Waals surface area contributed by atoms with Crippen LogP contribution in [0.5, 0.6) is 5.75 Å². The first-order valence-electron chi connectivity index (χ1n) is 10.7. The van der Waals surface area contributed by atoms with Gasteiger partial charge in [0.25, 0.3) is 11.7 Å². The fourth-order valence-corrected chi connectivity index (χ4v) is 4.09. The molecule has 0 aliphatic rings. The molecule has 1 aromatic heterocycles. The molecule has 11 heteroatoms. The van der Waals surface area contributed by atoms with E-state index in [1.165, 1.54) is 18.0 Å². The lowest BCUT2D eigenvalue weighted by atomic mass is 10.2. The molecule has 0 aliphatic carbocycles. The molecule has 36 heavy (non-hydrogen) atoms. The van der Waals surface area contributed by atoms with Gasteiger partial charge < -0.3 is 9.84 Å². The number of carboxylic acids is 1. The number of halogens is 1. The number of nitrogens with one attached hydrogen (secondary N) is 2. The number of ether oxygens (including phenoxy) is 1. The molecule has 3 aromatic carbocycles. The van der Waals surface area contributed by atoms with E-state index in [2.05, 4.69) is 20.7 Å². The normalized spacial score (nSPS) is 10.9. The highest BCUT2D eigenvalue weighted by atomic mass is 35.5. The van der Waals surface area contributed by atoms with Crippen molar-refractivity contribution in [2.75, 3.05) is 12.4 Å². The van der Waals surface area contributed by atoms with Crippen molar-refractivity contribution < 1.29 is 24.0 Å². The summed E-state index contributed by atoms with van der Waals surface area (Å²) in [5.74, 6) is -0.265. The number of aromatic amines is 1. The van der Waals surface area contributed by atoms with Crippen molar-refractivity contribution in [1.29, 1.82) is 0 Å². The van der Waals surface area contributed by atoms with Crippen LogP contribution in [0.1, 0.15) is 5.56 Å². The minimum absolute atomic E-state index is 0.0618. The number of H-pyrrole nitrogens is 1. The van der Waals surface area contributed by atoms with Gasteiger partial charge in [0.2, 0.25) is 0 Å². The number of benzene rings is 3. The van der Waals surface area contributed by atoms with E-state index in [0.29, 0.717) is 21.5 Å². The summed E-state index contributed by atoms with van der Waals surface area (Å²) >= 11 is 7.29. The third-order valence-electron chi connectivity index (χ3n) is 4.80. The van der Waals surface area contributed by atoms with E-state index in [1.54, 1.807) is 36.4 Å². The fraction of sp³-hybridized carbons (Fsp3) is 0.0800. The smallest absolute Gasteiger partial charge is 0.342 e. The number of hydrogen-bond donors (Lipinski definition) is 3. The molecule has 0 unspecified atom stereocenters. The van der Waals surface area contributed by atoms with Crippen LogP contribution >= 0.6 is 23.4 Å². The number of thioether (sulfide) groups is 1. The summed E-state index contributed by atoms with van der Waals surface area (Å²) in [6, 6.07) is 23.9. The van der Waals surface area contributed by atoms with E-state index in [9.17, 15) is 9.59 Å². The summed E-state index contributed by atoms with van der Waals surface area (Å²) in [5.41, 5.74) is 4.78. The standard InChI is InChI=1S/C25H20ClN5O4S/c26-19-12-10-17(11-13-19)24-29-30-25(31(24)20-7-2-1-3-8-20)36-16-22(32)28-27-14-18-6-4-5-9-21(18)35-15-23(33)34/h1-14H,15-16H2,(H2,28,32,33,34)/p+1/b27-14+. The van der Waals surface area contributed by atoms with E-state index < -0.39 is 12.6 Å². The average molecular weight is 523 g/mol. The molecule has 4 rings (SSSR count). The van der Waals surface area contributed by atoms with E-state index in [-0.39, 0.29) is 11.7 Å². The summed E-state index contributed by atoms with van der Waals surface area (Å²) in [6.07, 6.45) is 1.40. The Morgan fingerprint density at radius 3 is 2.56 bits per heavy atom. The topological polar surface area (TPSA) is 121 Å². The van der Waals surface area contributed by atoms with Crippen molar-refractivity contribution in [3.63, 3.8) is 0 Å². The first-order valence-corrected chi connectivity index (χ1v) is 12.1. The van der Waals surface area contributed by atoms with Crippen molar-refractivity contribution in [1.82, 2.24) is 15.6 Å². The van der Waals surface area contributed by atoms with Gasteiger partial charge in [-0.2, -0.15) is 9.67 Å². The zero-order chi connectivity index (χ0) is 25.3. The van der Waals surface area contributed by atoms with Crippen LogP contribution in [0.4, 0.5) is 0 Å². The van der Waals surface area contributed by atoms with Crippen LogP contribution in [0, 0.1) is 0 Å². The number of aliphatic carboxylic acids is 1. The maximum atomic E-state index is 12.5. The Bertz CT molecular complexity index is 1380. The third kappa shape index (κ3) is 6.49. The van der Waals surface area contributed by atoms with Crippen molar-refractivity contribution >= 4 is 41.5 Å². The molecule has 0 aliphatic heterocycles. The lowest BCUT2D eigenvalue weighted by molar-refractivity contribution is -0.625. The van der Waals surface area contributed by atoms with Crippen molar-refractivity contribution in [2.24, 2.45) is 5.10 Å². The zero-order valence-corrected chi connectivity index (χ0v) is 20.4.